The van der Waals surface area contributed by atoms with Gasteiger partial charge in [-0.05, 0) is 64.2 Å². The van der Waals surface area contributed by atoms with E-state index in [0.29, 0.717) is 5.02 Å². The molecule has 0 aliphatic rings. The van der Waals surface area contributed by atoms with Crippen LogP contribution in [0, 0.1) is 6.92 Å². The molecule has 0 fully saturated rings. The van der Waals surface area contributed by atoms with Crippen molar-refractivity contribution in [2.45, 2.75) is 6.92 Å². The van der Waals surface area contributed by atoms with Crippen LogP contribution in [-0.4, -0.2) is 0 Å². The summed E-state index contributed by atoms with van der Waals surface area (Å²) in [5, 5.41) is 5.28. The van der Waals surface area contributed by atoms with Gasteiger partial charge in [-0.2, -0.15) is 0 Å². The number of hydrogen-bond acceptors (Lipinski definition) is 1. The molecule has 6 aromatic rings. The number of halogens is 1. The largest absolute Gasteiger partial charge is 0.454 e. The maximum absolute atomic E-state index is 6.43. The maximum Gasteiger partial charge on any atom is 0.154 e. The molecule has 0 amide bonds. The van der Waals surface area contributed by atoms with Crippen molar-refractivity contribution in [2.75, 3.05) is 0 Å². The fourth-order valence-corrected chi connectivity index (χ4v) is 4.75. The Labute approximate surface area is 185 Å². The van der Waals surface area contributed by atoms with E-state index in [9.17, 15) is 0 Å². The molecule has 1 heterocycles. The predicted molar refractivity (Wildman–Crippen MR) is 132 cm³/mol. The molecule has 0 saturated heterocycles. The molecule has 148 valence electrons. The highest BCUT2D eigenvalue weighted by atomic mass is 35.5. The first-order chi connectivity index (χ1) is 15.2. The third-order valence-corrected chi connectivity index (χ3v) is 6.28. The minimum Gasteiger partial charge on any atom is -0.454 e. The second-order valence-corrected chi connectivity index (χ2v) is 8.42. The summed E-state index contributed by atoms with van der Waals surface area (Å²) in [6, 6.07) is 34.0. The number of hydrogen-bond donors (Lipinski definition) is 0. The molecule has 0 N–H and O–H groups in total. The monoisotopic (exact) mass is 418 g/mol. The third-order valence-electron chi connectivity index (χ3n) is 5.98. The standard InChI is InChI=1S/C29H19ClO/c1-18-13-14-20-16-21(17-25(24(20)15-18)19-7-3-2-4-8-19)22-9-6-12-27-28(22)23-10-5-11-26(30)29(23)31-27/h2-17H,1H3. The predicted octanol–water partition coefficient (Wildman–Crippen LogP) is 9.04. The second kappa shape index (κ2) is 7.01. The van der Waals surface area contributed by atoms with Crippen LogP contribution in [0.1, 0.15) is 5.56 Å². The second-order valence-electron chi connectivity index (χ2n) is 8.01. The summed E-state index contributed by atoms with van der Waals surface area (Å²) in [5.41, 5.74) is 7.63. The molecule has 1 nitrogen and oxygen atoms in total. The van der Waals surface area contributed by atoms with Gasteiger partial charge in [-0.3, -0.25) is 0 Å². The van der Waals surface area contributed by atoms with Gasteiger partial charge in [-0.25, -0.2) is 0 Å². The zero-order chi connectivity index (χ0) is 20.9. The summed E-state index contributed by atoms with van der Waals surface area (Å²) in [6.45, 7) is 2.14. The average molecular weight is 419 g/mol. The summed E-state index contributed by atoms with van der Waals surface area (Å²) in [5.74, 6) is 0. The van der Waals surface area contributed by atoms with Crippen molar-refractivity contribution in [3.8, 4) is 22.3 Å². The molecule has 0 aliphatic carbocycles. The summed E-state index contributed by atoms with van der Waals surface area (Å²) >= 11 is 6.43. The lowest BCUT2D eigenvalue weighted by atomic mass is 9.91. The first-order valence-corrected chi connectivity index (χ1v) is 10.8. The molecule has 6 rings (SSSR count). The van der Waals surface area contributed by atoms with E-state index in [2.05, 4.69) is 85.8 Å². The normalized spacial score (nSPS) is 11.5. The summed E-state index contributed by atoms with van der Waals surface area (Å²) in [4.78, 5) is 0. The molecular formula is C29H19ClO. The lowest BCUT2D eigenvalue weighted by molar-refractivity contribution is 0.669. The Morgan fingerprint density at radius 3 is 2.35 bits per heavy atom. The van der Waals surface area contributed by atoms with Gasteiger partial charge in [-0.15, -0.1) is 0 Å². The van der Waals surface area contributed by atoms with Crippen molar-refractivity contribution in [1.82, 2.24) is 0 Å². The zero-order valence-corrected chi connectivity index (χ0v) is 17.8. The molecule has 0 saturated carbocycles. The first-order valence-electron chi connectivity index (χ1n) is 10.4. The van der Waals surface area contributed by atoms with Crippen molar-refractivity contribution in [1.29, 1.82) is 0 Å². The number of rotatable bonds is 2. The van der Waals surface area contributed by atoms with Gasteiger partial charge in [-0.1, -0.05) is 90.0 Å². The smallest absolute Gasteiger partial charge is 0.154 e. The lowest BCUT2D eigenvalue weighted by Crippen LogP contribution is -1.87. The molecule has 0 radical (unpaired) electrons. The van der Waals surface area contributed by atoms with Crippen molar-refractivity contribution in [2.24, 2.45) is 0 Å². The Morgan fingerprint density at radius 2 is 1.48 bits per heavy atom. The van der Waals surface area contributed by atoms with E-state index in [0.717, 1.165) is 27.5 Å². The van der Waals surface area contributed by atoms with Gasteiger partial charge in [0.15, 0.2) is 5.58 Å². The zero-order valence-electron chi connectivity index (χ0n) is 17.0. The minimum atomic E-state index is 0.638. The van der Waals surface area contributed by atoms with Crippen molar-refractivity contribution in [3.63, 3.8) is 0 Å². The third kappa shape index (κ3) is 2.93. The van der Waals surface area contributed by atoms with E-state index in [4.69, 9.17) is 16.0 Å². The molecule has 0 unspecified atom stereocenters. The van der Waals surface area contributed by atoms with Crippen LogP contribution in [0.5, 0.6) is 0 Å². The van der Waals surface area contributed by atoms with Crippen LogP contribution < -0.4 is 0 Å². The van der Waals surface area contributed by atoms with Crippen molar-refractivity contribution in [3.05, 3.63) is 108 Å². The molecule has 2 heteroatoms. The van der Waals surface area contributed by atoms with Gasteiger partial charge in [0.25, 0.3) is 0 Å². The SMILES string of the molecule is Cc1ccc2cc(-c3cccc4oc5c(Cl)cccc5c34)cc(-c3ccccc3)c2c1. The van der Waals surface area contributed by atoms with E-state index in [1.807, 2.05) is 18.2 Å². The Morgan fingerprint density at radius 1 is 0.645 bits per heavy atom. The molecule has 0 atom stereocenters. The number of para-hydroxylation sites is 1. The highest BCUT2D eigenvalue weighted by Gasteiger charge is 2.16. The first kappa shape index (κ1) is 18.2. The van der Waals surface area contributed by atoms with E-state index in [-0.39, 0.29) is 0 Å². The van der Waals surface area contributed by atoms with Gasteiger partial charge in [0.1, 0.15) is 5.58 Å². The topological polar surface area (TPSA) is 13.1 Å². The van der Waals surface area contributed by atoms with Gasteiger partial charge in [0.2, 0.25) is 0 Å². The maximum atomic E-state index is 6.43. The molecule has 0 aliphatic heterocycles. The van der Waals surface area contributed by atoms with Crippen LogP contribution in [0.3, 0.4) is 0 Å². The van der Waals surface area contributed by atoms with Gasteiger partial charge < -0.3 is 4.42 Å². The van der Waals surface area contributed by atoms with Gasteiger partial charge in [0.05, 0.1) is 5.02 Å². The highest BCUT2D eigenvalue weighted by Crippen LogP contribution is 2.41. The Hall–Kier alpha value is -3.55. The fourth-order valence-electron chi connectivity index (χ4n) is 4.54. The van der Waals surface area contributed by atoms with Crippen LogP contribution in [0.4, 0.5) is 0 Å². The summed E-state index contributed by atoms with van der Waals surface area (Å²) in [7, 11) is 0. The van der Waals surface area contributed by atoms with Crippen LogP contribution in [0.25, 0.3) is 55.0 Å². The van der Waals surface area contributed by atoms with Crippen molar-refractivity contribution < 1.29 is 4.42 Å². The van der Waals surface area contributed by atoms with Crippen LogP contribution in [0.15, 0.2) is 101 Å². The molecule has 0 spiro atoms. The average Bonchev–Trinajstić information content (AvgIpc) is 3.19. The molecule has 1 aromatic heterocycles. The number of benzene rings is 5. The Kier molecular flexibility index (Phi) is 4.12. The molecule has 31 heavy (non-hydrogen) atoms. The van der Waals surface area contributed by atoms with Gasteiger partial charge in [0, 0.05) is 10.8 Å². The summed E-state index contributed by atoms with van der Waals surface area (Å²) < 4.78 is 6.13. The molecule has 5 aromatic carbocycles. The van der Waals surface area contributed by atoms with Gasteiger partial charge >= 0.3 is 0 Å². The van der Waals surface area contributed by atoms with Crippen LogP contribution in [-0.2, 0) is 0 Å². The quantitative estimate of drug-likeness (QED) is 0.273. The fraction of sp³-hybridized carbons (Fsp3) is 0.0345. The number of fused-ring (bicyclic) bond motifs is 4. The molecule has 0 bridgehead atoms. The van der Waals surface area contributed by atoms with Crippen molar-refractivity contribution >= 4 is 44.3 Å². The highest BCUT2D eigenvalue weighted by molar-refractivity contribution is 6.36. The minimum absolute atomic E-state index is 0.638. The Bertz CT molecular complexity index is 1590. The number of furan rings is 1. The Balaban J connectivity index is 1.71. The van der Waals surface area contributed by atoms with E-state index < -0.39 is 0 Å². The van der Waals surface area contributed by atoms with E-state index in [1.165, 1.54) is 33.0 Å². The summed E-state index contributed by atoms with van der Waals surface area (Å²) in [6.07, 6.45) is 0. The number of aryl methyl sites for hydroxylation is 1. The lowest BCUT2D eigenvalue weighted by Gasteiger charge is -2.13. The van der Waals surface area contributed by atoms with E-state index >= 15 is 0 Å². The van der Waals surface area contributed by atoms with Crippen LogP contribution >= 0.6 is 11.6 Å². The molecular weight excluding hydrogens is 400 g/mol. The van der Waals surface area contributed by atoms with Crippen LogP contribution in [0.2, 0.25) is 5.02 Å². The van der Waals surface area contributed by atoms with E-state index in [1.54, 1.807) is 0 Å².